The van der Waals surface area contributed by atoms with Gasteiger partial charge in [-0.15, -0.1) is 0 Å². The number of ether oxygens (including phenoxy) is 3. The molecule has 1 unspecified atom stereocenters. The lowest BCUT2D eigenvalue weighted by molar-refractivity contribution is -0.137. The zero-order chi connectivity index (χ0) is 33.9. The first kappa shape index (κ1) is 33.6. The van der Waals surface area contributed by atoms with Crippen molar-refractivity contribution in [3.8, 4) is 29.0 Å². The Bertz CT molecular complexity index is 1640. The lowest BCUT2D eigenvalue weighted by Crippen LogP contribution is -2.56. The highest BCUT2D eigenvalue weighted by Crippen LogP contribution is 2.35. The van der Waals surface area contributed by atoms with E-state index in [0.717, 1.165) is 30.2 Å². The van der Waals surface area contributed by atoms with E-state index in [-0.39, 0.29) is 24.3 Å². The van der Waals surface area contributed by atoms with Gasteiger partial charge in [-0.1, -0.05) is 0 Å². The average molecular weight is 651 g/mol. The van der Waals surface area contributed by atoms with E-state index in [0.29, 0.717) is 34.8 Å². The number of nitrogens with zero attached hydrogens (tertiary/aromatic N) is 7. The summed E-state index contributed by atoms with van der Waals surface area (Å²) in [7, 11) is 3.70. The van der Waals surface area contributed by atoms with Gasteiger partial charge >= 0.3 is 12.0 Å². The molecule has 0 spiro atoms. The average Bonchev–Trinajstić information content (AvgIpc) is 3.01. The fraction of sp³-hybridized carbons (Fsp3) is 0.485. The summed E-state index contributed by atoms with van der Waals surface area (Å²) in [4.78, 5) is 31.2. The molecule has 2 aliphatic heterocycles. The van der Waals surface area contributed by atoms with Crippen molar-refractivity contribution in [3.05, 3.63) is 48.3 Å². The number of anilines is 3. The minimum absolute atomic E-state index is 0.0186. The Morgan fingerprint density at radius 2 is 1.89 bits per heavy atom. The summed E-state index contributed by atoms with van der Waals surface area (Å²) in [6.07, 6.45) is -1.08. The van der Waals surface area contributed by atoms with Crippen molar-refractivity contribution in [1.82, 2.24) is 24.8 Å². The molecule has 5 rings (SSSR count). The fourth-order valence-corrected chi connectivity index (χ4v) is 5.66. The Morgan fingerprint density at radius 3 is 2.57 bits per heavy atom. The fourth-order valence-electron chi connectivity index (χ4n) is 5.66. The maximum absolute atomic E-state index is 15.1. The van der Waals surface area contributed by atoms with Crippen LogP contribution in [0, 0.1) is 11.3 Å². The van der Waals surface area contributed by atoms with E-state index in [4.69, 9.17) is 14.2 Å². The number of carbonyl (C=O) groups excluding carboxylic acids is 1. The summed E-state index contributed by atoms with van der Waals surface area (Å²) in [5.74, 6) is -1.86. The minimum Gasteiger partial charge on any atom is -0.483 e. The number of hydrogen-bond donors (Lipinski definition) is 1. The van der Waals surface area contributed by atoms with E-state index in [9.17, 15) is 10.1 Å². The van der Waals surface area contributed by atoms with Crippen molar-refractivity contribution in [1.29, 1.82) is 5.26 Å². The second kappa shape index (κ2) is 13.5. The van der Waals surface area contributed by atoms with E-state index < -0.39 is 30.3 Å². The van der Waals surface area contributed by atoms with Gasteiger partial charge in [0.1, 0.15) is 41.1 Å². The highest BCUT2D eigenvalue weighted by atomic mass is 19.3. The Labute approximate surface area is 273 Å². The number of alkyl halides is 2. The first-order chi connectivity index (χ1) is 22.3. The van der Waals surface area contributed by atoms with Gasteiger partial charge in [-0.2, -0.15) is 10.2 Å². The number of halogens is 2. The molecule has 2 atom stereocenters. The number of hydrogen-bond acceptors (Lipinski definition) is 11. The number of piperazine rings is 1. The molecule has 0 radical (unpaired) electrons. The number of methoxy groups -OCH3 is 1. The molecule has 1 aromatic carbocycles. The van der Waals surface area contributed by atoms with Crippen molar-refractivity contribution in [2.24, 2.45) is 0 Å². The van der Waals surface area contributed by atoms with Crippen LogP contribution in [0.1, 0.15) is 39.7 Å². The molecular formula is C33H40F2N8O4. The SMILES string of the molecule is COc1nc(Nc2cc(-c3ccc(OC4CCN(C(=O)OC(C)(C)C)CC4(F)F)c(C#N)c3)ncn2)ccc1N1CCN(C)C[C@H]1C. The smallest absolute Gasteiger partial charge is 0.410 e. The zero-order valence-corrected chi connectivity index (χ0v) is 27.5. The van der Waals surface area contributed by atoms with Crippen LogP contribution in [0.2, 0.25) is 0 Å². The van der Waals surface area contributed by atoms with E-state index >= 15 is 8.78 Å². The molecule has 2 aromatic heterocycles. The Morgan fingerprint density at radius 1 is 1.11 bits per heavy atom. The maximum atomic E-state index is 15.1. The summed E-state index contributed by atoms with van der Waals surface area (Å²) in [5.41, 5.74) is 1.25. The monoisotopic (exact) mass is 650 g/mol. The number of aromatic nitrogens is 3. The van der Waals surface area contributed by atoms with Crippen LogP contribution in [0.3, 0.4) is 0 Å². The number of rotatable bonds is 7. The van der Waals surface area contributed by atoms with Gasteiger partial charge in [0, 0.05) is 50.3 Å². The van der Waals surface area contributed by atoms with Crippen LogP contribution in [0.5, 0.6) is 11.6 Å². The number of amides is 1. The number of carbonyl (C=O) groups is 1. The molecular weight excluding hydrogens is 610 g/mol. The van der Waals surface area contributed by atoms with Gasteiger partial charge in [-0.3, -0.25) is 0 Å². The molecule has 0 bridgehead atoms. The number of likely N-dealkylation sites (tertiary alicyclic amines) is 1. The number of likely N-dealkylation sites (N-methyl/N-ethyl adjacent to an activating group) is 1. The molecule has 2 saturated heterocycles. The molecule has 0 aliphatic carbocycles. The number of pyridine rings is 1. The topological polar surface area (TPSA) is 129 Å². The molecule has 47 heavy (non-hydrogen) atoms. The molecule has 1 N–H and O–H groups in total. The minimum atomic E-state index is -3.36. The summed E-state index contributed by atoms with van der Waals surface area (Å²) >= 11 is 0. The van der Waals surface area contributed by atoms with Crippen molar-refractivity contribution in [2.75, 3.05) is 57.1 Å². The van der Waals surface area contributed by atoms with Gasteiger partial charge in [0.25, 0.3) is 0 Å². The first-order valence-electron chi connectivity index (χ1n) is 15.4. The van der Waals surface area contributed by atoms with E-state index in [1.807, 2.05) is 18.2 Å². The van der Waals surface area contributed by atoms with Crippen LogP contribution in [-0.2, 0) is 4.74 Å². The standard InChI is InChI=1S/C33H40F2N8O4/c1-21-18-41(5)13-14-43(21)25-8-10-28(40-30(25)45-6)39-29-16-24(37-20-38-29)22-7-9-26(23(15-22)17-36)46-27-11-12-42(19-33(27,34)35)31(44)47-32(2,3)4/h7-10,15-16,20-21,27H,11-14,18-19H2,1-6H3,(H,37,38,39,40)/t21-,27?/m1/s1. The zero-order valence-electron chi connectivity index (χ0n) is 27.5. The molecule has 250 valence electrons. The summed E-state index contributed by atoms with van der Waals surface area (Å²) in [6, 6.07) is 12.5. The highest BCUT2D eigenvalue weighted by Gasteiger charge is 2.48. The van der Waals surface area contributed by atoms with Crippen LogP contribution < -0.4 is 19.7 Å². The molecule has 1 amide bonds. The number of nitrogens with one attached hydrogen (secondary N) is 1. The van der Waals surface area contributed by atoms with E-state index in [2.05, 4.69) is 44.0 Å². The second-order valence-corrected chi connectivity index (χ2v) is 12.8. The normalized spacial score (nSPS) is 19.9. The lowest BCUT2D eigenvalue weighted by atomic mass is 10.0. The highest BCUT2D eigenvalue weighted by molar-refractivity contribution is 5.69. The van der Waals surface area contributed by atoms with Gasteiger partial charge in [0.05, 0.1) is 24.9 Å². The molecule has 2 aliphatic rings. The van der Waals surface area contributed by atoms with Gasteiger partial charge in [-0.25, -0.2) is 23.5 Å². The number of benzene rings is 1. The van der Waals surface area contributed by atoms with Crippen molar-refractivity contribution in [3.63, 3.8) is 0 Å². The van der Waals surface area contributed by atoms with E-state index in [1.54, 1.807) is 40.0 Å². The Balaban J connectivity index is 1.28. The van der Waals surface area contributed by atoms with E-state index in [1.165, 1.54) is 18.5 Å². The predicted molar refractivity (Wildman–Crippen MR) is 172 cm³/mol. The quantitative estimate of drug-likeness (QED) is 0.357. The third-order valence-electron chi connectivity index (χ3n) is 7.95. The second-order valence-electron chi connectivity index (χ2n) is 12.8. The van der Waals surface area contributed by atoms with Gasteiger partial charge in [0.15, 0.2) is 6.10 Å². The number of piperidine rings is 1. The van der Waals surface area contributed by atoms with Gasteiger partial charge < -0.3 is 34.2 Å². The van der Waals surface area contributed by atoms with Crippen LogP contribution in [-0.4, -0.2) is 101 Å². The lowest BCUT2D eigenvalue weighted by Gasteiger charge is -2.40. The van der Waals surface area contributed by atoms with Crippen LogP contribution in [0.15, 0.2) is 42.7 Å². The molecule has 4 heterocycles. The third-order valence-corrected chi connectivity index (χ3v) is 7.95. The van der Waals surface area contributed by atoms with Crippen molar-refractivity contribution >= 4 is 23.4 Å². The van der Waals surface area contributed by atoms with Gasteiger partial charge in [0.2, 0.25) is 5.88 Å². The first-order valence-corrected chi connectivity index (χ1v) is 15.4. The molecule has 0 saturated carbocycles. The Kier molecular flexibility index (Phi) is 9.67. The summed E-state index contributed by atoms with van der Waals surface area (Å²) < 4.78 is 46.8. The molecule has 2 fully saturated rings. The van der Waals surface area contributed by atoms with Gasteiger partial charge in [-0.05, 0) is 65.1 Å². The predicted octanol–water partition coefficient (Wildman–Crippen LogP) is 5.33. The number of nitriles is 1. The molecule has 3 aromatic rings. The van der Waals surface area contributed by atoms with Crippen LogP contribution >= 0.6 is 0 Å². The van der Waals surface area contributed by atoms with Crippen LogP contribution in [0.25, 0.3) is 11.3 Å². The molecule has 14 heteroatoms. The largest absolute Gasteiger partial charge is 0.483 e. The van der Waals surface area contributed by atoms with Crippen molar-refractivity contribution < 1.29 is 27.8 Å². The summed E-state index contributed by atoms with van der Waals surface area (Å²) in [5, 5.41) is 13.0. The molecule has 12 nitrogen and oxygen atoms in total. The summed E-state index contributed by atoms with van der Waals surface area (Å²) in [6.45, 7) is 9.13. The van der Waals surface area contributed by atoms with Crippen LogP contribution in [0.4, 0.5) is 30.9 Å². The van der Waals surface area contributed by atoms with Crippen molar-refractivity contribution in [2.45, 2.75) is 57.8 Å². The third kappa shape index (κ3) is 7.97. The maximum Gasteiger partial charge on any atom is 0.410 e. The Hall–Kier alpha value is -4.77.